The van der Waals surface area contributed by atoms with Crippen LogP contribution in [0.3, 0.4) is 0 Å². The van der Waals surface area contributed by atoms with Crippen LogP contribution in [0.1, 0.15) is 44.6 Å². The van der Waals surface area contributed by atoms with Crippen LogP contribution in [-0.2, 0) is 6.54 Å². The van der Waals surface area contributed by atoms with Crippen LogP contribution in [0.25, 0.3) is 0 Å². The van der Waals surface area contributed by atoms with Crippen molar-refractivity contribution in [2.24, 2.45) is 5.73 Å². The molecule has 6 heteroatoms. The van der Waals surface area contributed by atoms with Crippen LogP contribution in [0.15, 0.2) is 16.8 Å². The molecule has 1 aromatic rings. The van der Waals surface area contributed by atoms with E-state index in [-0.39, 0.29) is 12.0 Å². The van der Waals surface area contributed by atoms with Crippen LogP contribution in [0.5, 0.6) is 0 Å². The molecule has 120 valence electrons. The number of nitrogens with two attached hydrogens (primary N) is 1. The summed E-state index contributed by atoms with van der Waals surface area (Å²) in [5.74, 6) is 0. The summed E-state index contributed by atoms with van der Waals surface area (Å²) in [7, 11) is 0. The summed E-state index contributed by atoms with van der Waals surface area (Å²) < 4.78 is 37.1. The van der Waals surface area contributed by atoms with E-state index in [1.165, 1.54) is 5.56 Å². The molecule has 21 heavy (non-hydrogen) atoms. The number of nitrogens with zero attached hydrogens (tertiary/aromatic N) is 1. The highest BCUT2D eigenvalue weighted by Crippen LogP contribution is 2.37. The van der Waals surface area contributed by atoms with E-state index in [1.807, 2.05) is 12.3 Å². The van der Waals surface area contributed by atoms with Crippen molar-refractivity contribution in [2.75, 3.05) is 6.54 Å². The van der Waals surface area contributed by atoms with Gasteiger partial charge >= 0.3 is 6.18 Å². The molecule has 0 aliphatic heterocycles. The first-order valence-electron chi connectivity index (χ1n) is 7.39. The molecule has 0 aromatic carbocycles. The number of alkyl halides is 3. The van der Waals surface area contributed by atoms with Gasteiger partial charge in [-0.05, 0) is 55.0 Å². The molecule has 2 rings (SSSR count). The van der Waals surface area contributed by atoms with E-state index >= 15 is 0 Å². The Hall–Kier alpha value is -0.590. The first-order valence-corrected chi connectivity index (χ1v) is 8.33. The van der Waals surface area contributed by atoms with E-state index < -0.39 is 12.6 Å². The highest BCUT2D eigenvalue weighted by molar-refractivity contribution is 7.07. The van der Waals surface area contributed by atoms with Gasteiger partial charge in [0.05, 0.1) is 0 Å². The Kier molecular flexibility index (Phi) is 5.33. The third kappa shape index (κ3) is 4.97. The molecule has 1 aliphatic rings. The molecule has 0 radical (unpaired) electrons. The van der Waals surface area contributed by atoms with Crippen LogP contribution in [0.2, 0.25) is 0 Å². The molecule has 0 bridgehead atoms. The Bertz CT molecular complexity index is 429. The number of hydrogen-bond donors (Lipinski definition) is 1. The quantitative estimate of drug-likeness (QED) is 0.779. The second-order valence-corrected chi connectivity index (χ2v) is 6.94. The topological polar surface area (TPSA) is 29.3 Å². The number of halogens is 3. The van der Waals surface area contributed by atoms with Crippen molar-refractivity contribution in [1.29, 1.82) is 0 Å². The minimum Gasteiger partial charge on any atom is -0.329 e. The van der Waals surface area contributed by atoms with E-state index in [4.69, 9.17) is 5.73 Å². The minimum absolute atomic E-state index is 0.143. The fourth-order valence-corrected chi connectivity index (χ4v) is 3.42. The summed E-state index contributed by atoms with van der Waals surface area (Å²) >= 11 is 1.65. The van der Waals surface area contributed by atoms with Crippen molar-refractivity contribution in [3.63, 3.8) is 0 Å². The Morgan fingerprint density at radius 2 is 2.05 bits per heavy atom. The Labute approximate surface area is 128 Å². The number of thiophene rings is 1. The van der Waals surface area contributed by atoms with Gasteiger partial charge in [0.1, 0.15) is 0 Å². The smallest absolute Gasteiger partial charge is 0.329 e. The molecule has 2 nitrogen and oxygen atoms in total. The molecule has 1 aliphatic carbocycles. The Morgan fingerprint density at radius 3 is 2.52 bits per heavy atom. The fourth-order valence-electron chi connectivity index (χ4n) is 2.76. The van der Waals surface area contributed by atoms with Crippen LogP contribution < -0.4 is 5.73 Å². The zero-order valence-corrected chi connectivity index (χ0v) is 13.1. The summed E-state index contributed by atoms with van der Waals surface area (Å²) in [6.07, 6.45) is -1.92. The van der Waals surface area contributed by atoms with E-state index in [0.29, 0.717) is 19.0 Å². The summed E-state index contributed by atoms with van der Waals surface area (Å²) in [5, 5.41) is 4.13. The van der Waals surface area contributed by atoms with E-state index in [9.17, 15) is 13.2 Å². The molecule has 0 amide bonds. The van der Waals surface area contributed by atoms with Gasteiger partial charge in [0.15, 0.2) is 0 Å². The summed E-state index contributed by atoms with van der Waals surface area (Å²) in [6.45, 7) is 3.19. The lowest BCUT2D eigenvalue weighted by molar-refractivity contribution is -0.137. The molecule has 1 aromatic heterocycles. The molecule has 2 N–H and O–H groups in total. The Balaban J connectivity index is 2.00. The minimum atomic E-state index is -4.08. The molecule has 1 unspecified atom stereocenters. The lowest BCUT2D eigenvalue weighted by atomic mass is 9.91. The number of rotatable bonds is 8. The van der Waals surface area contributed by atoms with Gasteiger partial charge in [-0.2, -0.15) is 24.5 Å². The van der Waals surface area contributed by atoms with E-state index in [1.54, 1.807) is 11.3 Å². The van der Waals surface area contributed by atoms with Crippen molar-refractivity contribution in [2.45, 2.75) is 63.3 Å². The Morgan fingerprint density at radius 1 is 1.33 bits per heavy atom. The lowest BCUT2D eigenvalue weighted by Gasteiger charge is -2.41. The van der Waals surface area contributed by atoms with Crippen molar-refractivity contribution < 1.29 is 13.2 Å². The molecule has 1 fully saturated rings. The van der Waals surface area contributed by atoms with Crippen LogP contribution in [0.4, 0.5) is 13.2 Å². The second-order valence-electron chi connectivity index (χ2n) is 6.16. The summed E-state index contributed by atoms with van der Waals surface area (Å²) in [4.78, 5) is 2.32. The molecular weight excluding hydrogens is 297 g/mol. The lowest BCUT2D eigenvalue weighted by Crippen LogP contribution is -2.52. The van der Waals surface area contributed by atoms with Crippen LogP contribution in [0, 0.1) is 0 Å². The third-order valence-electron chi connectivity index (χ3n) is 4.23. The van der Waals surface area contributed by atoms with Gasteiger partial charge in [-0.1, -0.05) is 0 Å². The predicted octanol–water partition coefficient (Wildman–Crippen LogP) is 4.16. The van der Waals surface area contributed by atoms with E-state index in [2.05, 4.69) is 16.3 Å². The predicted molar refractivity (Wildman–Crippen MR) is 80.2 cm³/mol. The van der Waals surface area contributed by atoms with Gasteiger partial charge in [-0.3, -0.25) is 4.90 Å². The highest BCUT2D eigenvalue weighted by atomic mass is 32.1. The summed E-state index contributed by atoms with van der Waals surface area (Å²) in [6, 6.07) is 2.55. The third-order valence-corrected chi connectivity index (χ3v) is 4.96. The second kappa shape index (κ2) is 6.67. The van der Waals surface area contributed by atoms with Gasteiger partial charge in [-0.25, -0.2) is 0 Å². The van der Waals surface area contributed by atoms with Crippen molar-refractivity contribution >= 4 is 11.3 Å². The zero-order valence-electron chi connectivity index (χ0n) is 12.3. The first kappa shape index (κ1) is 16.8. The highest BCUT2D eigenvalue weighted by Gasteiger charge is 2.40. The van der Waals surface area contributed by atoms with E-state index in [0.717, 1.165) is 19.4 Å². The SMILES string of the molecule is CC(CN)(CCCC(F)(F)F)N(Cc1ccsc1)C1CC1. The van der Waals surface area contributed by atoms with Crippen LogP contribution in [-0.4, -0.2) is 29.2 Å². The molecule has 1 atom stereocenters. The van der Waals surface area contributed by atoms with Gasteiger partial charge in [0.2, 0.25) is 0 Å². The zero-order chi connectivity index (χ0) is 15.5. The van der Waals surface area contributed by atoms with Gasteiger partial charge in [0.25, 0.3) is 0 Å². The molecule has 1 saturated carbocycles. The molecule has 1 heterocycles. The van der Waals surface area contributed by atoms with Gasteiger partial charge in [-0.15, -0.1) is 0 Å². The first-order chi connectivity index (χ1) is 9.84. The fraction of sp³-hybridized carbons (Fsp3) is 0.733. The maximum absolute atomic E-state index is 12.4. The van der Waals surface area contributed by atoms with Crippen LogP contribution >= 0.6 is 11.3 Å². The normalized spacial score (nSPS) is 19.0. The standard InChI is InChI=1S/C15H23F3N2S/c1-14(11-19,6-2-7-15(16,17)18)20(13-3-4-13)9-12-5-8-21-10-12/h5,8,10,13H,2-4,6-7,9,11,19H2,1H3. The van der Waals surface area contributed by atoms with Gasteiger partial charge < -0.3 is 5.73 Å². The van der Waals surface area contributed by atoms with Crippen molar-refractivity contribution in [3.8, 4) is 0 Å². The largest absolute Gasteiger partial charge is 0.389 e. The monoisotopic (exact) mass is 320 g/mol. The van der Waals surface area contributed by atoms with Crippen molar-refractivity contribution in [1.82, 2.24) is 4.90 Å². The van der Waals surface area contributed by atoms with Crippen molar-refractivity contribution in [3.05, 3.63) is 22.4 Å². The number of hydrogen-bond acceptors (Lipinski definition) is 3. The summed E-state index contributed by atoms with van der Waals surface area (Å²) in [5.41, 5.74) is 6.80. The molecule has 0 saturated heterocycles. The maximum atomic E-state index is 12.4. The molecular formula is C15H23F3N2S. The average Bonchev–Trinajstić information content (AvgIpc) is 3.11. The van der Waals surface area contributed by atoms with Gasteiger partial charge in [0, 0.05) is 31.1 Å². The maximum Gasteiger partial charge on any atom is 0.389 e. The molecule has 0 spiro atoms. The average molecular weight is 320 g/mol.